The zero-order valence-corrected chi connectivity index (χ0v) is 22.1. The van der Waals surface area contributed by atoms with Gasteiger partial charge in [-0.25, -0.2) is 5.48 Å². The third kappa shape index (κ3) is 7.09. The summed E-state index contributed by atoms with van der Waals surface area (Å²) in [4.78, 5) is 39.3. The second-order valence-electron chi connectivity index (χ2n) is 8.81. The van der Waals surface area contributed by atoms with E-state index in [1.54, 1.807) is 42.0 Å². The molecule has 0 aliphatic carbocycles. The van der Waals surface area contributed by atoms with Crippen molar-refractivity contribution in [2.75, 3.05) is 6.26 Å². The van der Waals surface area contributed by atoms with E-state index in [2.05, 4.69) is 10.1 Å². The number of nitrogens with zero attached hydrogens (tertiary/aromatic N) is 4. The number of pyridine rings is 1. The number of nitrogens with one attached hydrogen (secondary N) is 1. The minimum Gasteiger partial charge on any atom is -0.323 e. The van der Waals surface area contributed by atoms with Gasteiger partial charge in [0.1, 0.15) is 10.5 Å². The SMILES string of the molecule is CS(=O)C(C)(CCn1ccc(-c2ccc(/C(C=NCc3ccc([N+](=O)[O-])cc3)=N/N)cc2)cc1=O)C(=O)NO. The summed E-state index contributed by atoms with van der Waals surface area (Å²) < 4.78 is 12.1. The molecule has 0 aliphatic heterocycles. The molecule has 0 radical (unpaired) electrons. The number of aliphatic imine (C=N–C) groups is 1. The molecule has 4 N–H and O–H groups in total. The molecule has 0 aliphatic rings. The third-order valence-corrected chi connectivity index (χ3v) is 7.99. The highest BCUT2D eigenvalue weighted by atomic mass is 32.2. The number of hydroxylamine groups is 1. The van der Waals surface area contributed by atoms with Gasteiger partial charge in [0.25, 0.3) is 17.2 Å². The maximum absolute atomic E-state index is 12.7. The van der Waals surface area contributed by atoms with E-state index in [-0.39, 0.29) is 24.2 Å². The number of nitro groups is 1. The molecule has 2 atom stereocenters. The molecule has 1 aromatic heterocycles. The van der Waals surface area contributed by atoms with Gasteiger partial charge in [-0.1, -0.05) is 36.4 Å². The summed E-state index contributed by atoms with van der Waals surface area (Å²) in [5.41, 5.74) is 4.64. The Bertz CT molecular complexity index is 1480. The van der Waals surface area contributed by atoms with Gasteiger partial charge in [-0.3, -0.25) is 34.1 Å². The number of non-ortho nitro benzene ring substituents is 1. The summed E-state index contributed by atoms with van der Waals surface area (Å²) in [5, 5.41) is 23.5. The fraction of sp³-hybridized carbons (Fsp3) is 0.231. The zero-order valence-electron chi connectivity index (χ0n) is 21.3. The third-order valence-electron chi connectivity index (χ3n) is 6.33. The van der Waals surface area contributed by atoms with Crippen LogP contribution in [0.25, 0.3) is 11.1 Å². The molecule has 0 saturated heterocycles. The van der Waals surface area contributed by atoms with E-state index in [4.69, 9.17) is 11.0 Å². The van der Waals surface area contributed by atoms with E-state index in [0.717, 1.165) is 11.1 Å². The minimum absolute atomic E-state index is 0.00798. The van der Waals surface area contributed by atoms with Gasteiger partial charge in [0, 0.05) is 59.8 Å². The van der Waals surface area contributed by atoms with Gasteiger partial charge in [0.15, 0.2) is 0 Å². The summed E-state index contributed by atoms with van der Waals surface area (Å²) in [6.07, 6.45) is 4.57. The topological polar surface area (TPSA) is 182 Å². The molecule has 204 valence electrons. The van der Waals surface area contributed by atoms with Crippen LogP contribution < -0.4 is 16.9 Å². The monoisotopic (exact) mass is 552 g/mol. The van der Waals surface area contributed by atoms with Crippen LogP contribution in [0, 0.1) is 10.1 Å². The number of carbonyl (C=O) groups is 1. The van der Waals surface area contributed by atoms with Crippen molar-refractivity contribution in [2.45, 2.75) is 31.2 Å². The molecule has 3 aromatic rings. The molecule has 0 bridgehead atoms. The Kier molecular flexibility index (Phi) is 9.57. The largest absolute Gasteiger partial charge is 0.323 e. The molecule has 2 aromatic carbocycles. The lowest BCUT2D eigenvalue weighted by molar-refractivity contribution is -0.384. The highest BCUT2D eigenvalue weighted by Gasteiger charge is 2.37. The van der Waals surface area contributed by atoms with Crippen molar-refractivity contribution < 1.29 is 19.1 Å². The van der Waals surface area contributed by atoms with Gasteiger partial charge < -0.3 is 10.4 Å². The average Bonchev–Trinajstić information content (AvgIpc) is 2.94. The van der Waals surface area contributed by atoms with E-state index in [0.29, 0.717) is 23.4 Å². The lowest BCUT2D eigenvalue weighted by Gasteiger charge is -2.24. The number of rotatable bonds is 11. The van der Waals surface area contributed by atoms with Crippen molar-refractivity contribution in [1.29, 1.82) is 0 Å². The van der Waals surface area contributed by atoms with Crippen molar-refractivity contribution in [1.82, 2.24) is 10.0 Å². The fourth-order valence-electron chi connectivity index (χ4n) is 3.69. The number of amides is 1. The van der Waals surface area contributed by atoms with E-state index < -0.39 is 26.4 Å². The van der Waals surface area contributed by atoms with Gasteiger partial charge >= 0.3 is 0 Å². The van der Waals surface area contributed by atoms with Crippen LogP contribution in [-0.4, -0.2) is 47.7 Å². The number of nitrogens with two attached hydrogens (primary N) is 1. The van der Waals surface area contributed by atoms with Crippen LogP contribution >= 0.6 is 0 Å². The normalized spacial score (nSPS) is 14.1. The van der Waals surface area contributed by atoms with Crippen LogP contribution in [-0.2, 0) is 28.7 Å². The Morgan fingerprint density at radius 2 is 1.85 bits per heavy atom. The summed E-state index contributed by atoms with van der Waals surface area (Å²) in [6, 6.07) is 16.5. The fourth-order valence-corrected chi connectivity index (χ4v) is 4.37. The van der Waals surface area contributed by atoms with Gasteiger partial charge in [-0.15, -0.1) is 0 Å². The second kappa shape index (κ2) is 12.8. The van der Waals surface area contributed by atoms with Crippen LogP contribution in [0.1, 0.15) is 24.5 Å². The molecular weight excluding hydrogens is 524 g/mol. The molecule has 0 spiro atoms. The number of aromatic nitrogens is 1. The number of carbonyl (C=O) groups excluding carboxylic acids is 1. The maximum atomic E-state index is 12.7. The first-order valence-electron chi connectivity index (χ1n) is 11.7. The van der Waals surface area contributed by atoms with Crippen molar-refractivity contribution in [3.8, 4) is 11.1 Å². The van der Waals surface area contributed by atoms with Crippen molar-refractivity contribution in [3.63, 3.8) is 0 Å². The smallest absolute Gasteiger partial charge is 0.269 e. The lowest BCUT2D eigenvalue weighted by atomic mass is 10.0. The van der Waals surface area contributed by atoms with Gasteiger partial charge in [0.05, 0.1) is 11.5 Å². The standard InChI is InChI=1S/C26H28N6O6S/c1-26(39(2)38,25(34)30-35)12-14-31-13-11-21(15-24(31)33)19-5-7-20(8-6-19)23(29-27)17-28-16-18-3-9-22(10-4-18)32(36)37/h3-11,13,15,17,35H,12,14,16,27H2,1-2H3,(H,30,34)/b28-17?,29-23+. The Hall–Kier alpha value is -4.49. The molecule has 2 unspecified atom stereocenters. The summed E-state index contributed by atoms with van der Waals surface area (Å²) in [5.74, 6) is 4.77. The first kappa shape index (κ1) is 29.1. The predicted octanol–water partition coefficient (Wildman–Crippen LogP) is 2.39. The van der Waals surface area contributed by atoms with Crippen LogP contribution in [0.2, 0.25) is 0 Å². The molecule has 0 saturated carbocycles. The first-order valence-corrected chi connectivity index (χ1v) is 13.2. The number of benzene rings is 2. The zero-order chi connectivity index (χ0) is 28.6. The first-order chi connectivity index (χ1) is 18.6. The van der Waals surface area contributed by atoms with E-state index in [1.807, 2.05) is 12.1 Å². The Labute approximate surface area is 226 Å². The number of hydrogen-bond donors (Lipinski definition) is 3. The quantitative estimate of drug-likeness (QED) is 0.107. The minimum atomic E-state index is -1.57. The molecule has 3 rings (SSSR count). The van der Waals surface area contributed by atoms with Crippen molar-refractivity contribution in [3.05, 3.63) is 98.5 Å². The number of aryl methyl sites for hydroxylation is 1. The Morgan fingerprint density at radius 1 is 1.18 bits per heavy atom. The lowest BCUT2D eigenvalue weighted by Crippen LogP contribution is -2.47. The highest BCUT2D eigenvalue weighted by molar-refractivity contribution is 7.86. The van der Waals surface area contributed by atoms with Crippen LogP contribution in [0.3, 0.4) is 0 Å². The van der Waals surface area contributed by atoms with E-state index in [9.17, 15) is 23.9 Å². The second-order valence-corrected chi connectivity index (χ2v) is 10.6. The summed E-state index contributed by atoms with van der Waals surface area (Å²) in [6.45, 7) is 1.90. The van der Waals surface area contributed by atoms with Crippen LogP contribution in [0.4, 0.5) is 5.69 Å². The molecule has 39 heavy (non-hydrogen) atoms. The van der Waals surface area contributed by atoms with Crippen LogP contribution in [0.5, 0.6) is 0 Å². The van der Waals surface area contributed by atoms with E-state index in [1.165, 1.54) is 42.2 Å². The Morgan fingerprint density at radius 3 is 2.38 bits per heavy atom. The van der Waals surface area contributed by atoms with Crippen molar-refractivity contribution >= 4 is 34.3 Å². The molecule has 0 fully saturated rings. The highest BCUT2D eigenvalue weighted by Crippen LogP contribution is 2.21. The number of nitro benzene ring substituents is 1. The predicted molar refractivity (Wildman–Crippen MR) is 149 cm³/mol. The summed E-state index contributed by atoms with van der Waals surface area (Å²) in [7, 11) is -1.57. The summed E-state index contributed by atoms with van der Waals surface area (Å²) >= 11 is 0. The van der Waals surface area contributed by atoms with Crippen molar-refractivity contribution in [2.24, 2.45) is 15.9 Å². The maximum Gasteiger partial charge on any atom is 0.269 e. The van der Waals surface area contributed by atoms with Gasteiger partial charge in [-0.05, 0) is 36.1 Å². The Balaban J connectivity index is 1.68. The number of hydrazone groups is 1. The molecule has 1 heterocycles. The molecule has 1 amide bonds. The molecule has 12 nitrogen and oxygen atoms in total. The molecule has 13 heteroatoms. The van der Waals surface area contributed by atoms with Gasteiger partial charge in [0.2, 0.25) is 0 Å². The van der Waals surface area contributed by atoms with Crippen LogP contribution in [0.15, 0.2) is 81.7 Å². The van der Waals surface area contributed by atoms with E-state index >= 15 is 0 Å². The average molecular weight is 553 g/mol. The number of hydrogen-bond acceptors (Lipinski definition) is 9. The van der Waals surface area contributed by atoms with Gasteiger partial charge in [-0.2, -0.15) is 5.10 Å². The molecular formula is C26H28N6O6S.